The molecule has 0 spiro atoms. The van der Waals surface area contributed by atoms with Crippen molar-refractivity contribution < 1.29 is 0 Å². The zero-order chi connectivity index (χ0) is 8.23. The molecule has 2 nitrogen and oxygen atoms in total. The molecular formula is C10H16N2. The van der Waals surface area contributed by atoms with Gasteiger partial charge in [0, 0.05) is 12.7 Å². The lowest BCUT2D eigenvalue weighted by atomic mass is 10.1. The lowest BCUT2D eigenvalue weighted by molar-refractivity contribution is 0.209. The Kier molecular flexibility index (Phi) is 2.47. The molecule has 0 saturated carbocycles. The average Bonchev–Trinajstić information content (AvgIpc) is 2.21. The lowest BCUT2D eigenvalue weighted by Crippen LogP contribution is -2.46. The molecule has 66 valence electrons. The summed E-state index contributed by atoms with van der Waals surface area (Å²) in [6.07, 6.45) is 13.2. The van der Waals surface area contributed by atoms with Crippen molar-refractivity contribution in [2.75, 3.05) is 13.1 Å². The fourth-order valence-electron chi connectivity index (χ4n) is 1.83. The summed E-state index contributed by atoms with van der Waals surface area (Å²) in [6, 6.07) is 0. The van der Waals surface area contributed by atoms with Crippen molar-refractivity contribution in [3.05, 3.63) is 24.4 Å². The molecule has 2 heteroatoms. The van der Waals surface area contributed by atoms with Crippen LogP contribution >= 0.6 is 0 Å². The second kappa shape index (κ2) is 3.76. The van der Waals surface area contributed by atoms with Gasteiger partial charge in [0.2, 0.25) is 0 Å². The van der Waals surface area contributed by atoms with E-state index in [1.807, 2.05) is 0 Å². The highest BCUT2D eigenvalue weighted by atomic mass is 15.3. The van der Waals surface area contributed by atoms with Crippen LogP contribution < -0.4 is 5.32 Å². The Morgan fingerprint density at radius 1 is 1.25 bits per heavy atom. The molecule has 1 atom stereocenters. The van der Waals surface area contributed by atoms with Crippen molar-refractivity contribution in [3.8, 4) is 0 Å². The second-order valence-corrected chi connectivity index (χ2v) is 3.43. The molecule has 0 aliphatic carbocycles. The van der Waals surface area contributed by atoms with E-state index in [-0.39, 0.29) is 0 Å². The molecule has 0 aromatic heterocycles. The molecule has 1 unspecified atom stereocenters. The Labute approximate surface area is 73.9 Å². The SMILES string of the molecule is C1=CCN(C2CCCCN2)C=C1. The number of nitrogens with zero attached hydrogens (tertiary/aromatic N) is 1. The topological polar surface area (TPSA) is 15.3 Å². The first-order valence-corrected chi connectivity index (χ1v) is 4.79. The minimum atomic E-state index is 0.583. The smallest absolute Gasteiger partial charge is 0.0793 e. The number of hydrogen-bond acceptors (Lipinski definition) is 2. The Balaban J connectivity index is 1.90. The second-order valence-electron chi connectivity index (χ2n) is 3.43. The molecule has 0 radical (unpaired) electrons. The summed E-state index contributed by atoms with van der Waals surface area (Å²) in [5.74, 6) is 0. The van der Waals surface area contributed by atoms with Gasteiger partial charge in [-0.1, -0.05) is 12.2 Å². The van der Waals surface area contributed by atoms with Crippen molar-refractivity contribution >= 4 is 0 Å². The molecule has 0 bridgehead atoms. The van der Waals surface area contributed by atoms with Gasteiger partial charge >= 0.3 is 0 Å². The molecule has 2 aliphatic rings. The van der Waals surface area contributed by atoms with Gasteiger partial charge < -0.3 is 4.90 Å². The van der Waals surface area contributed by atoms with E-state index in [4.69, 9.17) is 0 Å². The largest absolute Gasteiger partial charge is 0.358 e. The molecule has 1 N–H and O–H groups in total. The summed E-state index contributed by atoms with van der Waals surface area (Å²) < 4.78 is 0. The van der Waals surface area contributed by atoms with Crippen molar-refractivity contribution in [2.45, 2.75) is 25.4 Å². The van der Waals surface area contributed by atoms with E-state index in [9.17, 15) is 0 Å². The molecule has 2 aliphatic heterocycles. The Hall–Kier alpha value is -0.760. The number of rotatable bonds is 1. The maximum Gasteiger partial charge on any atom is 0.0793 e. The monoisotopic (exact) mass is 164 g/mol. The normalized spacial score (nSPS) is 29.3. The zero-order valence-electron chi connectivity index (χ0n) is 7.37. The van der Waals surface area contributed by atoms with E-state index in [1.165, 1.54) is 25.8 Å². The van der Waals surface area contributed by atoms with Crippen LogP contribution in [0.1, 0.15) is 19.3 Å². The third kappa shape index (κ3) is 1.69. The summed E-state index contributed by atoms with van der Waals surface area (Å²) in [7, 11) is 0. The van der Waals surface area contributed by atoms with Gasteiger partial charge in [0.25, 0.3) is 0 Å². The molecule has 2 heterocycles. The van der Waals surface area contributed by atoms with E-state index in [2.05, 4.69) is 34.6 Å². The average molecular weight is 164 g/mol. The Morgan fingerprint density at radius 3 is 2.92 bits per heavy atom. The van der Waals surface area contributed by atoms with E-state index >= 15 is 0 Å². The summed E-state index contributed by atoms with van der Waals surface area (Å²) in [4.78, 5) is 2.37. The maximum atomic E-state index is 3.53. The fourth-order valence-corrected chi connectivity index (χ4v) is 1.83. The predicted molar refractivity (Wildman–Crippen MR) is 50.6 cm³/mol. The van der Waals surface area contributed by atoms with Crippen LogP contribution in [0.15, 0.2) is 24.4 Å². The first-order chi connectivity index (χ1) is 5.97. The summed E-state index contributed by atoms with van der Waals surface area (Å²) in [5.41, 5.74) is 0. The summed E-state index contributed by atoms with van der Waals surface area (Å²) >= 11 is 0. The lowest BCUT2D eigenvalue weighted by Gasteiger charge is -2.34. The standard InChI is InChI=1S/C10H16N2/c1-4-8-12(9-5-1)10-6-2-3-7-11-10/h1,4-5,8,10-11H,2-3,6-7,9H2. The van der Waals surface area contributed by atoms with Crippen LogP contribution in [0.4, 0.5) is 0 Å². The van der Waals surface area contributed by atoms with Gasteiger partial charge in [-0.15, -0.1) is 0 Å². The molecule has 12 heavy (non-hydrogen) atoms. The molecule has 0 aromatic rings. The van der Waals surface area contributed by atoms with E-state index in [0.29, 0.717) is 6.17 Å². The third-order valence-corrected chi connectivity index (χ3v) is 2.53. The van der Waals surface area contributed by atoms with Crippen molar-refractivity contribution in [2.24, 2.45) is 0 Å². The van der Waals surface area contributed by atoms with Gasteiger partial charge in [0.05, 0.1) is 6.17 Å². The van der Waals surface area contributed by atoms with Gasteiger partial charge in [-0.25, -0.2) is 0 Å². The van der Waals surface area contributed by atoms with Gasteiger partial charge in [-0.05, 0) is 31.9 Å². The Morgan fingerprint density at radius 2 is 2.25 bits per heavy atom. The van der Waals surface area contributed by atoms with Gasteiger partial charge in [-0.2, -0.15) is 0 Å². The van der Waals surface area contributed by atoms with Crippen LogP contribution in [-0.2, 0) is 0 Å². The first-order valence-electron chi connectivity index (χ1n) is 4.79. The highest BCUT2D eigenvalue weighted by Gasteiger charge is 2.16. The van der Waals surface area contributed by atoms with Crippen LogP contribution in [0.5, 0.6) is 0 Å². The van der Waals surface area contributed by atoms with Crippen molar-refractivity contribution in [1.82, 2.24) is 10.2 Å². The summed E-state index contributed by atoms with van der Waals surface area (Å²) in [5, 5.41) is 3.53. The Bertz CT molecular complexity index is 190. The van der Waals surface area contributed by atoms with Gasteiger partial charge in [0.1, 0.15) is 0 Å². The number of allylic oxidation sites excluding steroid dienone is 2. The van der Waals surface area contributed by atoms with E-state index in [1.54, 1.807) is 0 Å². The minimum Gasteiger partial charge on any atom is -0.358 e. The minimum absolute atomic E-state index is 0.583. The summed E-state index contributed by atoms with van der Waals surface area (Å²) in [6.45, 7) is 2.24. The van der Waals surface area contributed by atoms with Crippen LogP contribution in [0, 0.1) is 0 Å². The van der Waals surface area contributed by atoms with Crippen LogP contribution in [0.25, 0.3) is 0 Å². The molecular weight excluding hydrogens is 148 g/mol. The third-order valence-electron chi connectivity index (χ3n) is 2.53. The number of piperidine rings is 1. The molecule has 0 aromatic carbocycles. The highest BCUT2D eigenvalue weighted by Crippen LogP contribution is 2.13. The van der Waals surface area contributed by atoms with Crippen molar-refractivity contribution in [1.29, 1.82) is 0 Å². The van der Waals surface area contributed by atoms with Gasteiger partial charge in [0.15, 0.2) is 0 Å². The highest BCUT2D eigenvalue weighted by molar-refractivity contribution is 5.09. The molecule has 1 saturated heterocycles. The van der Waals surface area contributed by atoms with Crippen LogP contribution in [0.2, 0.25) is 0 Å². The molecule has 2 rings (SSSR count). The fraction of sp³-hybridized carbons (Fsp3) is 0.600. The maximum absolute atomic E-state index is 3.53. The van der Waals surface area contributed by atoms with E-state index in [0.717, 1.165) is 6.54 Å². The molecule has 0 amide bonds. The first kappa shape index (κ1) is 7.87. The van der Waals surface area contributed by atoms with Crippen LogP contribution in [0.3, 0.4) is 0 Å². The number of hydrogen-bond donors (Lipinski definition) is 1. The number of nitrogens with one attached hydrogen (secondary N) is 1. The molecule has 1 fully saturated rings. The van der Waals surface area contributed by atoms with E-state index < -0.39 is 0 Å². The van der Waals surface area contributed by atoms with Crippen molar-refractivity contribution in [3.63, 3.8) is 0 Å². The zero-order valence-corrected chi connectivity index (χ0v) is 7.37. The quantitative estimate of drug-likeness (QED) is 0.631. The predicted octanol–water partition coefficient (Wildman–Crippen LogP) is 1.47. The van der Waals surface area contributed by atoms with Crippen LogP contribution in [-0.4, -0.2) is 24.2 Å². The van der Waals surface area contributed by atoms with Gasteiger partial charge in [-0.3, -0.25) is 5.32 Å².